The van der Waals surface area contributed by atoms with Crippen LogP contribution in [0.15, 0.2) is 12.2 Å². The van der Waals surface area contributed by atoms with Gasteiger partial charge in [0.05, 0.1) is 12.5 Å². The molecule has 0 aromatic heterocycles. The maximum absolute atomic E-state index is 12.2. The standard InChI is InChI=1S/C12H20N2O2/c1-16-7-6-14(11-4-5-11)12(15)9-2-3-10(13)8-9/h2-3,9-11H,4-8,13H2,1H3. The summed E-state index contributed by atoms with van der Waals surface area (Å²) in [5.41, 5.74) is 5.77. The molecule has 1 fully saturated rings. The van der Waals surface area contributed by atoms with E-state index in [1.165, 1.54) is 0 Å². The van der Waals surface area contributed by atoms with E-state index in [4.69, 9.17) is 10.5 Å². The number of ether oxygens (including phenoxy) is 1. The molecular weight excluding hydrogens is 204 g/mol. The first kappa shape index (κ1) is 11.6. The second-order valence-electron chi connectivity index (χ2n) is 4.65. The summed E-state index contributed by atoms with van der Waals surface area (Å²) < 4.78 is 5.05. The van der Waals surface area contributed by atoms with Crippen LogP contribution in [0.5, 0.6) is 0 Å². The van der Waals surface area contributed by atoms with Crippen molar-refractivity contribution in [3.05, 3.63) is 12.2 Å². The van der Waals surface area contributed by atoms with E-state index >= 15 is 0 Å². The number of methoxy groups -OCH3 is 1. The zero-order chi connectivity index (χ0) is 11.5. The van der Waals surface area contributed by atoms with Crippen LogP contribution in [0.1, 0.15) is 19.3 Å². The number of hydrogen-bond acceptors (Lipinski definition) is 3. The van der Waals surface area contributed by atoms with Crippen molar-refractivity contribution in [2.45, 2.75) is 31.3 Å². The van der Waals surface area contributed by atoms with Crippen LogP contribution in [-0.2, 0) is 9.53 Å². The number of amides is 1. The van der Waals surface area contributed by atoms with Gasteiger partial charge in [-0.25, -0.2) is 0 Å². The van der Waals surface area contributed by atoms with E-state index in [0.717, 1.165) is 19.3 Å². The van der Waals surface area contributed by atoms with Crippen LogP contribution >= 0.6 is 0 Å². The monoisotopic (exact) mass is 224 g/mol. The Bertz CT molecular complexity index is 287. The summed E-state index contributed by atoms with van der Waals surface area (Å²) in [5.74, 6) is 0.219. The van der Waals surface area contributed by atoms with Crippen LogP contribution in [0.25, 0.3) is 0 Å². The third-order valence-electron chi connectivity index (χ3n) is 3.24. The molecule has 0 saturated heterocycles. The zero-order valence-corrected chi connectivity index (χ0v) is 9.76. The molecule has 0 radical (unpaired) electrons. The largest absolute Gasteiger partial charge is 0.383 e. The van der Waals surface area contributed by atoms with Crippen LogP contribution in [0.3, 0.4) is 0 Å². The molecule has 2 atom stereocenters. The van der Waals surface area contributed by atoms with Crippen LogP contribution < -0.4 is 5.73 Å². The van der Waals surface area contributed by atoms with Crippen LogP contribution in [-0.4, -0.2) is 43.2 Å². The fraction of sp³-hybridized carbons (Fsp3) is 0.750. The summed E-state index contributed by atoms with van der Waals surface area (Å²) in [6, 6.07) is 0.505. The van der Waals surface area contributed by atoms with E-state index in [9.17, 15) is 4.79 Å². The minimum Gasteiger partial charge on any atom is -0.383 e. The minimum atomic E-state index is -0.00699. The van der Waals surface area contributed by atoms with Gasteiger partial charge in [-0.05, 0) is 19.3 Å². The quantitative estimate of drug-likeness (QED) is 0.693. The highest BCUT2D eigenvalue weighted by molar-refractivity contribution is 5.81. The molecule has 4 heteroatoms. The van der Waals surface area contributed by atoms with Gasteiger partial charge in [-0.3, -0.25) is 4.79 Å². The Morgan fingerprint density at radius 3 is 2.75 bits per heavy atom. The molecular formula is C12H20N2O2. The van der Waals surface area contributed by atoms with E-state index < -0.39 is 0 Å². The second kappa shape index (κ2) is 4.97. The van der Waals surface area contributed by atoms with Gasteiger partial charge < -0.3 is 15.4 Å². The average molecular weight is 224 g/mol. The predicted molar refractivity (Wildman–Crippen MR) is 61.8 cm³/mol. The van der Waals surface area contributed by atoms with E-state index in [1.807, 2.05) is 17.1 Å². The topological polar surface area (TPSA) is 55.6 Å². The number of hydrogen-bond donors (Lipinski definition) is 1. The summed E-state index contributed by atoms with van der Waals surface area (Å²) in [6.45, 7) is 1.32. The molecule has 2 N–H and O–H groups in total. The van der Waals surface area contributed by atoms with Gasteiger partial charge in [-0.15, -0.1) is 0 Å². The number of nitrogens with zero attached hydrogens (tertiary/aromatic N) is 1. The van der Waals surface area contributed by atoms with Crippen molar-refractivity contribution in [3.63, 3.8) is 0 Å². The molecule has 2 aliphatic rings. The summed E-state index contributed by atoms with van der Waals surface area (Å²) in [6.07, 6.45) is 6.92. The van der Waals surface area contributed by atoms with Gasteiger partial charge in [-0.2, -0.15) is 0 Å². The van der Waals surface area contributed by atoms with Crippen molar-refractivity contribution in [2.75, 3.05) is 20.3 Å². The van der Waals surface area contributed by atoms with E-state index in [2.05, 4.69) is 0 Å². The number of carbonyl (C=O) groups excluding carboxylic acids is 1. The Hall–Kier alpha value is -0.870. The summed E-state index contributed by atoms with van der Waals surface area (Å²) in [4.78, 5) is 14.2. The molecule has 0 heterocycles. The second-order valence-corrected chi connectivity index (χ2v) is 4.65. The molecule has 0 spiro atoms. The molecule has 2 aliphatic carbocycles. The molecule has 0 aromatic rings. The molecule has 2 unspecified atom stereocenters. The van der Waals surface area contributed by atoms with Crippen molar-refractivity contribution in [1.82, 2.24) is 4.90 Å². The highest BCUT2D eigenvalue weighted by atomic mass is 16.5. The summed E-state index contributed by atoms with van der Waals surface area (Å²) in [5, 5.41) is 0. The van der Waals surface area contributed by atoms with Gasteiger partial charge >= 0.3 is 0 Å². The molecule has 4 nitrogen and oxygen atoms in total. The summed E-state index contributed by atoms with van der Waals surface area (Å²) >= 11 is 0. The third kappa shape index (κ3) is 2.62. The van der Waals surface area contributed by atoms with Crippen molar-refractivity contribution in [2.24, 2.45) is 11.7 Å². The lowest BCUT2D eigenvalue weighted by molar-refractivity contribution is -0.135. The molecule has 0 aliphatic heterocycles. The lowest BCUT2D eigenvalue weighted by atomic mass is 10.1. The lowest BCUT2D eigenvalue weighted by Gasteiger charge is -2.25. The molecule has 1 saturated carbocycles. The first-order valence-electron chi connectivity index (χ1n) is 5.95. The molecule has 90 valence electrons. The van der Waals surface area contributed by atoms with Crippen molar-refractivity contribution in [3.8, 4) is 0 Å². The molecule has 2 rings (SSSR count). The van der Waals surface area contributed by atoms with Crippen molar-refractivity contribution < 1.29 is 9.53 Å². The minimum absolute atomic E-state index is 0.00699. The first-order valence-corrected chi connectivity index (χ1v) is 5.95. The van der Waals surface area contributed by atoms with E-state index in [1.54, 1.807) is 7.11 Å². The van der Waals surface area contributed by atoms with Gasteiger partial charge in [0.25, 0.3) is 0 Å². The van der Waals surface area contributed by atoms with Crippen molar-refractivity contribution >= 4 is 5.91 Å². The first-order chi connectivity index (χ1) is 7.72. The van der Waals surface area contributed by atoms with Gasteiger partial charge in [0, 0.05) is 25.7 Å². The highest BCUT2D eigenvalue weighted by Crippen LogP contribution is 2.30. The third-order valence-corrected chi connectivity index (χ3v) is 3.24. The highest BCUT2D eigenvalue weighted by Gasteiger charge is 2.36. The SMILES string of the molecule is COCCN(C(=O)C1C=CC(N)C1)C1CC1. The van der Waals surface area contributed by atoms with Gasteiger partial charge in [0.1, 0.15) is 0 Å². The Morgan fingerprint density at radius 2 is 2.25 bits per heavy atom. The number of carbonyl (C=O) groups is 1. The van der Waals surface area contributed by atoms with E-state index in [-0.39, 0.29) is 17.9 Å². The van der Waals surface area contributed by atoms with Crippen LogP contribution in [0.2, 0.25) is 0 Å². The molecule has 0 bridgehead atoms. The number of nitrogens with two attached hydrogens (primary N) is 1. The normalized spacial score (nSPS) is 28.4. The molecule has 16 heavy (non-hydrogen) atoms. The lowest BCUT2D eigenvalue weighted by Crippen LogP contribution is -2.39. The summed E-state index contributed by atoms with van der Waals surface area (Å²) in [7, 11) is 1.67. The van der Waals surface area contributed by atoms with E-state index in [0.29, 0.717) is 19.2 Å². The van der Waals surface area contributed by atoms with Crippen molar-refractivity contribution in [1.29, 1.82) is 0 Å². The average Bonchev–Trinajstić information content (AvgIpc) is 3.01. The maximum atomic E-state index is 12.2. The Balaban J connectivity index is 1.91. The smallest absolute Gasteiger partial charge is 0.229 e. The fourth-order valence-electron chi connectivity index (χ4n) is 2.17. The zero-order valence-electron chi connectivity index (χ0n) is 9.76. The van der Waals surface area contributed by atoms with Gasteiger partial charge in [-0.1, -0.05) is 12.2 Å². The molecule has 1 amide bonds. The number of rotatable bonds is 5. The predicted octanol–water partition coefficient (Wildman–Crippen LogP) is 0.527. The van der Waals surface area contributed by atoms with Gasteiger partial charge in [0.2, 0.25) is 5.91 Å². The Labute approximate surface area is 96.4 Å². The van der Waals surface area contributed by atoms with Crippen LogP contribution in [0.4, 0.5) is 0 Å². The molecule has 0 aromatic carbocycles. The Kier molecular flexibility index (Phi) is 3.61. The van der Waals surface area contributed by atoms with Gasteiger partial charge in [0.15, 0.2) is 0 Å². The fourth-order valence-corrected chi connectivity index (χ4v) is 2.17. The Morgan fingerprint density at radius 1 is 1.50 bits per heavy atom. The maximum Gasteiger partial charge on any atom is 0.229 e. The van der Waals surface area contributed by atoms with Crippen LogP contribution in [0, 0.1) is 5.92 Å².